The summed E-state index contributed by atoms with van der Waals surface area (Å²) in [5.41, 5.74) is 2.71. The van der Waals surface area contributed by atoms with E-state index in [1.807, 2.05) is 37.7 Å². The van der Waals surface area contributed by atoms with Gasteiger partial charge in [0.25, 0.3) is 0 Å². The second-order valence-corrected chi connectivity index (χ2v) is 7.06. The summed E-state index contributed by atoms with van der Waals surface area (Å²) >= 11 is 1.92. The summed E-state index contributed by atoms with van der Waals surface area (Å²) in [5.74, 6) is 2.90. The van der Waals surface area contributed by atoms with Crippen molar-refractivity contribution < 1.29 is 14.6 Å². The molecule has 2 N–H and O–H groups in total. The van der Waals surface area contributed by atoms with Crippen LogP contribution in [0.25, 0.3) is 0 Å². The molecule has 0 bridgehead atoms. The van der Waals surface area contributed by atoms with Crippen LogP contribution in [0.15, 0.2) is 12.1 Å². The number of aliphatic hydroxyl groups is 1. The van der Waals surface area contributed by atoms with E-state index in [4.69, 9.17) is 4.74 Å². The number of urea groups is 1. The van der Waals surface area contributed by atoms with Crippen molar-refractivity contribution in [3.05, 3.63) is 23.3 Å². The topological polar surface area (TPSA) is 61.8 Å². The van der Waals surface area contributed by atoms with E-state index in [0.717, 1.165) is 46.9 Å². The van der Waals surface area contributed by atoms with Gasteiger partial charge in [-0.15, -0.1) is 0 Å². The van der Waals surface area contributed by atoms with Crippen LogP contribution in [0.2, 0.25) is 0 Å². The third-order valence-electron chi connectivity index (χ3n) is 4.20. The fourth-order valence-corrected chi connectivity index (χ4v) is 3.99. The Kier molecular flexibility index (Phi) is 6.59. The fraction of sp³-hybridized carbons (Fsp3) is 0.588. The predicted molar refractivity (Wildman–Crippen MR) is 95.6 cm³/mol. The molecule has 23 heavy (non-hydrogen) atoms. The molecule has 0 spiro atoms. The van der Waals surface area contributed by atoms with Gasteiger partial charge >= 0.3 is 6.03 Å². The largest absolute Gasteiger partial charge is 0.496 e. The van der Waals surface area contributed by atoms with Crippen molar-refractivity contribution >= 4 is 23.5 Å². The number of rotatable bonds is 5. The zero-order valence-corrected chi connectivity index (χ0v) is 14.9. The number of benzene rings is 1. The van der Waals surface area contributed by atoms with Gasteiger partial charge in [-0.25, -0.2) is 4.79 Å². The minimum absolute atomic E-state index is 0.0207. The molecule has 0 atom stereocenters. The molecule has 128 valence electrons. The number of aryl methyl sites for hydroxylation is 1. The average Bonchev–Trinajstić information content (AvgIpc) is 2.56. The molecule has 0 saturated carbocycles. The van der Waals surface area contributed by atoms with Crippen LogP contribution < -0.4 is 10.1 Å². The number of nitrogens with one attached hydrogen (secondary N) is 1. The summed E-state index contributed by atoms with van der Waals surface area (Å²) in [6.45, 7) is 4.25. The standard InChI is InChI=1S/C17H26N2O3S/c1-12-10-15(13(2)16(11-12)22-3)18-17(21)19(6-7-20)14-4-8-23-9-5-14/h10-11,14,20H,4-9H2,1-3H3,(H,18,21). The molecule has 6 heteroatoms. The molecule has 0 aliphatic carbocycles. The summed E-state index contributed by atoms with van der Waals surface area (Å²) in [7, 11) is 1.63. The number of hydrogen-bond acceptors (Lipinski definition) is 4. The zero-order chi connectivity index (χ0) is 16.8. The van der Waals surface area contributed by atoms with Gasteiger partial charge in [-0.2, -0.15) is 11.8 Å². The molecule has 5 nitrogen and oxygen atoms in total. The molecule has 1 fully saturated rings. The van der Waals surface area contributed by atoms with Crippen molar-refractivity contribution in [2.75, 3.05) is 37.1 Å². The lowest BCUT2D eigenvalue weighted by Gasteiger charge is -2.34. The molecule has 1 aliphatic heterocycles. The molecule has 1 heterocycles. The van der Waals surface area contributed by atoms with Crippen LogP contribution in [0, 0.1) is 13.8 Å². The molecule has 0 aromatic heterocycles. The summed E-state index contributed by atoms with van der Waals surface area (Å²) < 4.78 is 5.36. The number of nitrogens with zero attached hydrogens (tertiary/aromatic N) is 1. The monoisotopic (exact) mass is 338 g/mol. The van der Waals surface area contributed by atoms with E-state index in [-0.39, 0.29) is 18.7 Å². The van der Waals surface area contributed by atoms with Crippen molar-refractivity contribution in [2.24, 2.45) is 0 Å². The van der Waals surface area contributed by atoms with E-state index in [1.54, 1.807) is 12.0 Å². The van der Waals surface area contributed by atoms with Gasteiger partial charge in [0.1, 0.15) is 5.75 Å². The molecule has 2 amide bonds. The van der Waals surface area contributed by atoms with Crippen molar-refractivity contribution in [3.63, 3.8) is 0 Å². The van der Waals surface area contributed by atoms with Gasteiger partial charge in [-0.05, 0) is 55.9 Å². The molecule has 1 saturated heterocycles. The van der Waals surface area contributed by atoms with E-state index in [0.29, 0.717) is 6.54 Å². The lowest BCUT2D eigenvalue weighted by Crippen LogP contribution is -2.46. The lowest BCUT2D eigenvalue weighted by atomic mass is 10.1. The maximum Gasteiger partial charge on any atom is 0.322 e. The van der Waals surface area contributed by atoms with Crippen LogP contribution in [-0.4, -0.2) is 53.8 Å². The van der Waals surface area contributed by atoms with E-state index in [2.05, 4.69) is 5.32 Å². The molecular formula is C17H26N2O3S. The quantitative estimate of drug-likeness (QED) is 0.866. The van der Waals surface area contributed by atoms with Crippen molar-refractivity contribution in [2.45, 2.75) is 32.7 Å². The number of carbonyl (C=O) groups is 1. The number of anilines is 1. The van der Waals surface area contributed by atoms with Crippen LogP contribution in [-0.2, 0) is 0 Å². The van der Waals surface area contributed by atoms with Crippen LogP contribution in [0.1, 0.15) is 24.0 Å². The van der Waals surface area contributed by atoms with Gasteiger partial charge in [-0.1, -0.05) is 0 Å². The number of ether oxygens (including phenoxy) is 1. The third kappa shape index (κ3) is 4.54. The Morgan fingerprint density at radius 2 is 2.09 bits per heavy atom. The van der Waals surface area contributed by atoms with Gasteiger partial charge in [0.15, 0.2) is 0 Å². The SMILES string of the molecule is COc1cc(C)cc(NC(=O)N(CCO)C2CCSCC2)c1C. The fourth-order valence-electron chi connectivity index (χ4n) is 2.91. The van der Waals surface area contributed by atoms with Gasteiger partial charge in [-0.3, -0.25) is 0 Å². The van der Waals surface area contributed by atoms with Crippen LogP contribution >= 0.6 is 11.8 Å². The first-order valence-corrected chi connectivity index (χ1v) is 9.13. The number of aliphatic hydroxyl groups excluding tert-OH is 1. The second kappa shape index (κ2) is 8.45. The minimum Gasteiger partial charge on any atom is -0.496 e. The predicted octanol–water partition coefficient (Wildman–Crippen LogP) is 3.03. The average molecular weight is 338 g/mol. The highest BCUT2D eigenvalue weighted by atomic mass is 32.2. The molecule has 2 rings (SSSR count). The Morgan fingerprint density at radius 1 is 1.39 bits per heavy atom. The molecule has 1 aromatic rings. The zero-order valence-electron chi connectivity index (χ0n) is 14.1. The van der Waals surface area contributed by atoms with Crippen molar-refractivity contribution in [1.29, 1.82) is 0 Å². The third-order valence-corrected chi connectivity index (χ3v) is 5.25. The first-order valence-electron chi connectivity index (χ1n) is 7.98. The number of amides is 2. The first-order chi connectivity index (χ1) is 11.1. The van der Waals surface area contributed by atoms with Crippen LogP contribution in [0.3, 0.4) is 0 Å². The number of hydrogen-bond donors (Lipinski definition) is 2. The van der Waals surface area contributed by atoms with Gasteiger partial charge in [0.2, 0.25) is 0 Å². The Bertz CT molecular complexity index is 545. The smallest absolute Gasteiger partial charge is 0.322 e. The highest BCUT2D eigenvalue weighted by molar-refractivity contribution is 7.99. The van der Waals surface area contributed by atoms with Gasteiger partial charge in [0, 0.05) is 23.8 Å². The molecule has 1 aliphatic rings. The van der Waals surface area contributed by atoms with E-state index < -0.39 is 0 Å². The minimum atomic E-state index is -0.147. The van der Waals surface area contributed by atoms with Gasteiger partial charge in [0.05, 0.1) is 13.7 Å². The maximum absolute atomic E-state index is 12.7. The Morgan fingerprint density at radius 3 is 2.70 bits per heavy atom. The normalized spacial score (nSPS) is 15.3. The number of methoxy groups -OCH3 is 1. The summed E-state index contributed by atoms with van der Waals surface area (Å²) in [6, 6.07) is 3.96. The second-order valence-electron chi connectivity index (χ2n) is 5.83. The molecule has 1 aromatic carbocycles. The summed E-state index contributed by atoms with van der Waals surface area (Å²) in [6.07, 6.45) is 1.96. The maximum atomic E-state index is 12.7. The summed E-state index contributed by atoms with van der Waals surface area (Å²) in [5, 5.41) is 12.3. The van der Waals surface area contributed by atoms with Crippen LogP contribution in [0.5, 0.6) is 5.75 Å². The Balaban J connectivity index is 2.16. The molecule has 0 radical (unpaired) electrons. The van der Waals surface area contributed by atoms with Gasteiger partial charge < -0.3 is 20.1 Å². The highest BCUT2D eigenvalue weighted by Crippen LogP contribution is 2.28. The summed E-state index contributed by atoms with van der Waals surface area (Å²) in [4.78, 5) is 14.5. The molecular weight excluding hydrogens is 312 g/mol. The number of thioether (sulfide) groups is 1. The van der Waals surface area contributed by atoms with Crippen LogP contribution in [0.4, 0.5) is 10.5 Å². The van der Waals surface area contributed by atoms with E-state index in [9.17, 15) is 9.90 Å². The van der Waals surface area contributed by atoms with Crippen molar-refractivity contribution in [1.82, 2.24) is 4.90 Å². The first kappa shape index (κ1) is 17.9. The van der Waals surface area contributed by atoms with E-state index >= 15 is 0 Å². The van der Waals surface area contributed by atoms with Crippen molar-refractivity contribution in [3.8, 4) is 5.75 Å². The highest BCUT2D eigenvalue weighted by Gasteiger charge is 2.25. The Labute approximate surface area is 142 Å². The van der Waals surface area contributed by atoms with E-state index in [1.165, 1.54) is 0 Å². The Hall–Kier alpha value is -1.40. The lowest BCUT2D eigenvalue weighted by molar-refractivity contribution is 0.158. The molecule has 0 unspecified atom stereocenters. The number of carbonyl (C=O) groups excluding carboxylic acids is 1.